The Morgan fingerprint density at radius 1 is 1.53 bits per heavy atom. The maximum Gasteiger partial charge on any atom is 0.339 e. The minimum absolute atomic E-state index is 0.169. The average molecular weight is 241 g/mol. The second-order valence-corrected chi connectivity index (χ2v) is 3.40. The molecule has 2 amide bonds. The molecule has 0 aliphatic carbocycles. The molecule has 94 valence electrons. The third-order valence-corrected chi connectivity index (χ3v) is 2.19. The molecule has 0 saturated heterocycles. The molecule has 0 bridgehead atoms. The minimum Gasteiger partial charge on any atom is -0.478 e. The van der Waals surface area contributed by atoms with Gasteiger partial charge < -0.3 is 21.5 Å². The molecule has 8 nitrogen and oxygen atoms in total. The monoisotopic (exact) mass is 241 g/mol. The fraction of sp³-hybridized carbons (Fsp3) is 0.444. The summed E-state index contributed by atoms with van der Waals surface area (Å²) in [5, 5.41) is 18.2. The van der Waals surface area contributed by atoms with Crippen LogP contribution in [0.15, 0.2) is 6.20 Å². The Kier molecular flexibility index (Phi) is 4.46. The first kappa shape index (κ1) is 13.0. The van der Waals surface area contributed by atoms with Crippen molar-refractivity contribution in [3.05, 3.63) is 17.5 Å². The predicted molar refractivity (Wildman–Crippen MR) is 59.5 cm³/mol. The molecule has 0 radical (unpaired) electrons. The highest BCUT2D eigenvalue weighted by Gasteiger charge is 2.13. The topological polar surface area (TPSA) is 122 Å². The maximum absolute atomic E-state index is 10.9. The van der Waals surface area contributed by atoms with Crippen LogP contribution in [0.4, 0.5) is 4.79 Å². The van der Waals surface area contributed by atoms with Gasteiger partial charge in [0.2, 0.25) is 0 Å². The number of carbonyl (C=O) groups is 2. The van der Waals surface area contributed by atoms with Gasteiger partial charge in [0.05, 0.1) is 11.9 Å². The van der Waals surface area contributed by atoms with Gasteiger partial charge in [0.15, 0.2) is 0 Å². The van der Waals surface area contributed by atoms with Gasteiger partial charge in [-0.3, -0.25) is 4.68 Å². The Morgan fingerprint density at radius 3 is 2.82 bits per heavy atom. The van der Waals surface area contributed by atoms with Crippen LogP contribution >= 0.6 is 0 Å². The fourth-order valence-electron chi connectivity index (χ4n) is 1.33. The standard InChI is InChI=1S/C9H15N5O3/c1-14-7(6(4-13-14)8(15)16)5-11-2-3-12-9(10)17/h4,11H,2-3,5H2,1H3,(H,15,16)(H3,10,12,17). The van der Waals surface area contributed by atoms with Crippen LogP contribution in [-0.2, 0) is 13.6 Å². The summed E-state index contributed by atoms with van der Waals surface area (Å²) in [4.78, 5) is 21.2. The molecular formula is C9H15N5O3. The number of amides is 2. The molecule has 1 rings (SSSR count). The van der Waals surface area contributed by atoms with Crippen molar-refractivity contribution in [2.45, 2.75) is 6.54 Å². The molecule has 0 fully saturated rings. The second kappa shape index (κ2) is 5.85. The highest BCUT2D eigenvalue weighted by Crippen LogP contribution is 2.06. The number of nitrogens with two attached hydrogens (primary N) is 1. The van der Waals surface area contributed by atoms with Gasteiger partial charge >= 0.3 is 12.0 Å². The third kappa shape index (κ3) is 3.76. The molecule has 0 saturated carbocycles. The van der Waals surface area contributed by atoms with Crippen LogP contribution in [0.1, 0.15) is 16.1 Å². The van der Waals surface area contributed by atoms with Crippen LogP contribution < -0.4 is 16.4 Å². The van der Waals surface area contributed by atoms with Crippen molar-refractivity contribution in [1.82, 2.24) is 20.4 Å². The number of primary amides is 1. The van der Waals surface area contributed by atoms with Crippen molar-refractivity contribution in [2.75, 3.05) is 13.1 Å². The normalized spacial score (nSPS) is 10.2. The number of aromatic nitrogens is 2. The summed E-state index contributed by atoms with van der Waals surface area (Å²) in [5.41, 5.74) is 5.64. The van der Waals surface area contributed by atoms with E-state index in [2.05, 4.69) is 15.7 Å². The molecule has 1 heterocycles. The first-order valence-electron chi connectivity index (χ1n) is 5.00. The SMILES string of the molecule is Cn1ncc(C(=O)O)c1CNCCNC(N)=O. The van der Waals surface area contributed by atoms with E-state index in [1.807, 2.05) is 0 Å². The molecule has 17 heavy (non-hydrogen) atoms. The number of hydrogen-bond acceptors (Lipinski definition) is 4. The Morgan fingerprint density at radius 2 is 2.24 bits per heavy atom. The van der Waals surface area contributed by atoms with Crippen molar-refractivity contribution in [1.29, 1.82) is 0 Å². The van der Waals surface area contributed by atoms with Gasteiger partial charge in [-0.05, 0) is 0 Å². The van der Waals surface area contributed by atoms with Gasteiger partial charge in [-0.1, -0.05) is 0 Å². The minimum atomic E-state index is -1.01. The van der Waals surface area contributed by atoms with E-state index in [0.29, 0.717) is 25.3 Å². The van der Waals surface area contributed by atoms with E-state index in [9.17, 15) is 9.59 Å². The second-order valence-electron chi connectivity index (χ2n) is 3.40. The zero-order chi connectivity index (χ0) is 12.8. The zero-order valence-corrected chi connectivity index (χ0v) is 9.43. The van der Waals surface area contributed by atoms with E-state index < -0.39 is 12.0 Å². The number of carboxylic acids is 1. The van der Waals surface area contributed by atoms with Gasteiger partial charge in [0.25, 0.3) is 0 Å². The van der Waals surface area contributed by atoms with Crippen LogP contribution in [0.3, 0.4) is 0 Å². The zero-order valence-electron chi connectivity index (χ0n) is 9.43. The number of carboxylic acid groups (broad SMARTS) is 1. The smallest absolute Gasteiger partial charge is 0.339 e. The molecule has 0 spiro atoms. The Hall–Kier alpha value is -2.09. The number of nitrogens with zero attached hydrogens (tertiary/aromatic N) is 2. The van der Waals surface area contributed by atoms with Crippen molar-refractivity contribution >= 4 is 12.0 Å². The van der Waals surface area contributed by atoms with Crippen molar-refractivity contribution in [3.8, 4) is 0 Å². The summed E-state index contributed by atoms with van der Waals surface area (Å²) in [6.45, 7) is 1.24. The van der Waals surface area contributed by atoms with Crippen molar-refractivity contribution in [2.24, 2.45) is 12.8 Å². The summed E-state index contributed by atoms with van der Waals surface area (Å²) in [7, 11) is 1.67. The molecule has 0 atom stereocenters. The van der Waals surface area contributed by atoms with E-state index in [-0.39, 0.29) is 5.56 Å². The quantitative estimate of drug-likeness (QED) is 0.470. The van der Waals surface area contributed by atoms with Crippen LogP contribution in [0.25, 0.3) is 0 Å². The molecule has 0 aromatic carbocycles. The van der Waals surface area contributed by atoms with Gasteiger partial charge in [-0.15, -0.1) is 0 Å². The molecule has 0 aliphatic heterocycles. The van der Waals surface area contributed by atoms with Crippen molar-refractivity contribution < 1.29 is 14.7 Å². The lowest BCUT2D eigenvalue weighted by atomic mass is 10.2. The van der Waals surface area contributed by atoms with E-state index in [0.717, 1.165) is 0 Å². The molecule has 8 heteroatoms. The number of aryl methyl sites for hydroxylation is 1. The number of hydrogen-bond donors (Lipinski definition) is 4. The highest BCUT2D eigenvalue weighted by atomic mass is 16.4. The number of aromatic carboxylic acids is 1. The van der Waals surface area contributed by atoms with Gasteiger partial charge in [0, 0.05) is 26.7 Å². The Labute approximate surface area is 97.8 Å². The summed E-state index contributed by atoms with van der Waals surface area (Å²) in [6, 6.07) is -0.585. The molecule has 0 unspecified atom stereocenters. The summed E-state index contributed by atoms with van der Waals surface area (Å²) in [5.74, 6) is -1.01. The van der Waals surface area contributed by atoms with Crippen LogP contribution in [0.2, 0.25) is 0 Å². The van der Waals surface area contributed by atoms with Crippen molar-refractivity contribution in [3.63, 3.8) is 0 Å². The summed E-state index contributed by atoms with van der Waals surface area (Å²) in [6.07, 6.45) is 1.31. The van der Waals surface area contributed by atoms with E-state index in [1.54, 1.807) is 7.05 Å². The maximum atomic E-state index is 10.9. The molecule has 5 N–H and O–H groups in total. The van der Waals surface area contributed by atoms with Gasteiger partial charge in [0.1, 0.15) is 5.56 Å². The number of urea groups is 1. The summed E-state index contributed by atoms with van der Waals surface area (Å²) >= 11 is 0. The van der Waals surface area contributed by atoms with Gasteiger partial charge in [-0.25, -0.2) is 9.59 Å². The first-order chi connectivity index (χ1) is 8.02. The lowest BCUT2D eigenvalue weighted by molar-refractivity contribution is 0.0695. The molecule has 1 aromatic heterocycles. The summed E-state index contributed by atoms with van der Waals surface area (Å²) < 4.78 is 1.50. The fourth-order valence-corrected chi connectivity index (χ4v) is 1.33. The van der Waals surface area contributed by atoms with E-state index in [4.69, 9.17) is 10.8 Å². The lowest BCUT2D eigenvalue weighted by Gasteiger charge is -2.06. The van der Waals surface area contributed by atoms with Crippen LogP contribution in [0, 0.1) is 0 Å². The highest BCUT2D eigenvalue weighted by molar-refractivity contribution is 5.88. The molecule has 0 aliphatic rings. The van der Waals surface area contributed by atoms with E-state index >= 15 is 0 Å². The van der Waals surface area contributed by atoms with Crippen LogP contribution in [0.5, 0.6) is 0 Å². The van der Waals surface area contributed by atoms with E-state index in [1.165, 1.54) is 10.9 Å². The third-order valence-electron chi connectivity index (χ3n) is 2.19. The lowest BCUT2D eigenvalue weighted by Crippen LogP contribution is -2.35. The Balaban J connectivity index is 2.43. The predicted octanol–water partition coefficient (Wildman–Crippen LogP) is -1.12. The molecular weight excluding hydrogens is 226 g/mol. The molecule has 1 aromatic rings. The first-order valence-corrected chi connectivity index (χ1v) is 5.00. The number of rotatable bonds is 6. The largest absolute Gasteiger partial charge is 0.478 e. The number of nitrogens with one attached hydrogen (secondary N) is 2. The average Bonchev–Trinajstić information content (AvgIpc) is 2.59. The number of carbonyl (C=O) groups excluding carboxylic acids is 1. The van der Waals surface area contributed by atoms with Crippen LogP contribution in [-0.4, -0.2) is 40.0 Å². The Bertz CT molecular complexity index is 415. The van der Waals surface area contributed by atoms with Gasteiger partial charge in [-0.2, -0.15) is 5.10 Å².